The summed E-state index contributed by atoms with van der Waals surface area (Å²) in [6.07, 6.45) is 1.97. The molecule has 20 heavy (non-hydrogen) atoms. The molecule has 1 aromatic rings. The largest absolute Gasteiger partial charge is 0.347 e. The highest BCUT2D eigenvalue weighted by Gasteiger charge is 2.18. The van der Waals surface area contributed by atoms with Crippen molar-refractivity contribution in [3.63, 3.8) is 0 Å². The number of nitrogens with zero attached hydrogens (tertiary/aromatic N) is 1. The standard InChI is InChI=1S/C16H24N2OS/c1-16(2,3)17-15(19)14(11-12-18(4)5)20-13-9-7-6-8-10-13/h6-11H,12H2,1-5H3,(H,17,19)/b14-11-. The van der Waals surface area contributed by atoms with Gasteiger partial charge >= 0.3 is 0 Å². The zero-order chi connectivity index (χ0) is 15.2. The first kappa shape index (κ1) is 16.8. The minimum absolute atomic E-state index is 0.0202. The third-order valence-corrected chi connectivity index (χ3v) is 3.41. The highest BCUT2D eigenvalue weighted by atomic mass is 32.2. The molecule has 0 aliphatic rings. The third kappa shape index (κ3) is 6.78. The van der Waals surface area contributed by atoms with Crippen LogP contribution in [0.4, 0.5) is 0 Å². The van der Waals surface area contributed by atoms with Gasteiger partial charge in [-0.15, -0.1) is 0 Å². The summed E-state index contributed by atoms with van der Waals surface area (Å²) in [5.74, 6) is -0.0202. The molecule has 0 saturated carbocycles. The van der Waals surface area contributed by atoms with Crippen molar-refractivity contribution in [2.45, 2.75) is 31.2 Å². The first-order valence-corrected chi connectivity index (χ1v) is 7.50. The maximum Gasteiger partial charge on any atom is 0.258 e. The Hall–Kier alpha value is -1.26. The molecular weight excluding hydrogens is 268 g/mol. The second-order valence-electron chi connectivity index (χ2n) is 5.95. The van der Waals surface area contributed by atoms with Crippen molar-refractivity contribution in [3.8, 4) is 0 Å². The van der Waals surface area contributed by atoms with Crippen LogP contribution in [-0.2, 0) is 4.79 Å². The normalized spacial score (nSPS) is 12.6. The Labute approximate surface area is 126 Å². The number of hydrogen-bond acceptors (Lipinski definition) is 3. The van der Waals surface area contributed by atoms with E-state index in [4.69, 9.17) is 0 Å². The molecule has 1 amide bonds. The molecule has 1 aromatic carbocycles. The van der Waals surface area contributed by atoms with Gasteiger partial charge in [-0.2, -0.15) is 0 Å². The molecule has 0 atom stereocenters. The minimum atomic E-state index is -0.231. The third-order valence-electron chi connectivity index (χ3n) is 2.33. The SMILES string of the molecule is CN(C)C/C=C(\Sc1ccccc1)C(=O)NC(C)(C)C. The Kier molecular flexibility index (Phi) is 6.30. The summed E-state index contributed by atoms with van der Waals surface area (Å²) in [6, 6.07) is 9.96. The predicted octanol–water partition coefficient (Wildman–Crippen LogP) is 3.14. The van der Waals surface area contributed by atoms with Gasteiger partial charge in [0.15, 0.2) is 0 Å². The lowest BCUT2D eigenvalue weighted by atomic mass is 10.1. The Balaban J connectivity index is 2.85. The van der Waals surface area contributed by atoms with Gasteiger partial charge in [0.25, 0.3) is 5.91 Å². The molecule has 0 spiro atoms. The maximum atomic E-state index is 12.4. The lowest BCUT2D eigenvalue weighted by molar-refractivity contribution is -0.118. The van der Waals surface area contributed by atoms with Crippen LogP contribution in [0.2, 0.25) is 0 Å². The van der Waals surface area contributed by atoms with Crippen LogP contribution >= 0.6 is 11.8 Å². The molecule has 3 nitrogen and oxygen atoms in total. The van der Waals surface area contributed by atoms with Gasteiger partial charge in [0.1, 0.15) is 0 Å². The summed E-state index contributed by atoms with van der Waals surface area (Å²) in [4.78, 5) is 16.2. The van der Waals surface area contributed by atoms with Crippen molar-refractivity contribution in [1.82, 2.24) is 10.2 Å². The second kappa shape index (κ2) is 7.50. The van der Waals surface area contributed by atoms with Crippen LogP contribution in [0.25, 0.3) is 0 Å². The summed E-state index contributed by atoms with van der Waals surface area (Å²) in [5.41, 5.74) is -0.231. The fraction of sp³-hybridized carbons (Fsp3) is 0.438. The smallest absolute Gasteiger partial charge is 0.258 e. The van der Waals surface area contributed by atoms with E-state index in [1.165, 1.54) is 11.8 Å². The quantitative estimate of drug-likeness (QED) is 0.668. The van der Waals surface area contributed by atoms with E-state index in [-0.39, 0.29) is 11.4 Å². The summed E-state index contributed by atoms with van der Waals surface area (Å²) < 4.78 is 0. The fourth-order valence-corrected chi connectivity index (χ4v) is 2.31. The van der Waals surface area contributed by atoms with Gasteiger partial charge in [-0.1, -0.05) is 36.0 Å². The van der Waals surface area contributed by atoms with Gasteiger partial charge in [0.05, 0.1) is 4.91 Å². The van der Waals surface area contributed by atoms with Crippen LogP contribution in [-0.4, -0.2) is 37.0 Å². The Morgan fingerprint density at radius 1 is 1.25 bits per heavy atom. The highest BCUT2D eigenvalue weighted by Crippen LogP contribution is 2.26. The van der Waals surface area contributed by atoms with E-state index in [9.17, 15) is 4.79 Å². The molecule has 0 saturated heterocycles. The van der Waals surface area contributed by atoms with Gasteiger partial charge < -0.3 is 10.2 Å². The lowest BCUT2D eigenvalue weighted by Gasteiger charge is -2.21. The summed E-state index contributed by atoms with van der Waals surface area (Å²) in [7, 11) is 3.98. The summed E-state index contributed by atoms with van der Waals surface area (Å²) in [6.45, 7) is 6.71. The maximum absolute atomic E-state index is 12.4. The molecular formula is C16H24N2OS. The monoisotopic (exact) mass is 292 g/mol. The molecule has 0 aliphatic carbocycles. The Morgan fingerprint density at radius 3 is 2.35 bits per heavy atom. The molecule has 0 radical (unpaired) electrons. The molecule has 0 fully saturated rings. The first-order chi connectivity index (χ1) is 9.28. The van der Waals surface area contributed by atoms with E-state index in [0.717, 1.165) is 16.3 Å². The number of amides is 1. The van der Waals surface area contributed by atoms with Gasteiger partial charge in [0, 0.05) is 17.0 Å². The van der Waals surface area contributed by atoms with Crippen molar-refractivity contribution in [2.75, 3.05) is 20.6 Å². The number of likely N-dealkylation sites (N-methyl/N-ethyl adjacent to an activating group) is 1. The molecule has 110 valence electrons. The van der Waals surface area contributed by atoms with E-state index >= 15 is 0 Å². The molecule has 1 rings (SSSR count). The topological polar surface area (TPSA) is 32.3 Å². The molecule has 1 N–H and O–H groups in total. The number of carbonyl (C=O) groups is 1. The van der Waals surface area contributed by atoms with Crippen LogP contribution in [0.1, 0.15) is 20.8 Å². The number of hydrogen-bond donors (Lipinski definition) is 1. The number of benzene rings is 1. The van der Waals surface area contributed by atoms with E-state index in [2.05, 4.69) is 5.32 Å². The average Bonchev–Trinajstić information content (AvgIpc) is 2.33. The van der Waals surface area contributed by atoms with E-state index in [1.54, 1.807) is 0 Å². The fourth-order valence-electron chi connectivity index (χ4n) is 1.46. The molecule has 0 aliphatic heterocycles. The lowest BCUT2D eigenvalue weighted by Crippen LogP contribution is -2.41. The number of thioether (sulfide) groups is 1. The van der Waals surface area contributed by atoms with Gasteiger partial charge in [-0.25, -0.2) is 0 Å². The Bertz CT molecular complexity index is 461. The van der Waals surface area contributed by atoms with Crippen molar-refractivity contribution in [2.24, 2.45) is 0 Å². The Morgan fingerprint density at radius 2 is 1.85 bits per heavy atom. The van der Waals surface area contributed by atoms with E-state index in [0.29, 0.717) is 0 Å². The zero-order valence-electron chi connectivity index (χ0n) is 12.9. The van der Waals surface area contributed by atoms with E-state index < -0.39 is 0 Å². The predicted molar refractivity (Wildman–Crippen MR) is 86.8 cm³/mol. The first-order valence-electron chi connectivity index (χ1n) is 6.68. The van der Waals surface area contributed by atoms with Crippen molar-refractivity contribution in [1.29, 1.82) is 0 Å². The molecule has 4 heteroatoms. The van der Waals surface area contributed by atoms with Crippen LogP contribution in [0.15, 0.2) is 46.2 Å². The average molecular weight is 292 g/mol. The molecule has 0 unspecified atom stereocenters. The van der Waals surface area contributed by atoms with Gasteiger partial charge in [-0.05, 0) is 47.0 Å². The van der Waals surface area contributed by atoms with Crippen LogP contribution < -0.4 is 5.32 Å². The van der Waals surface area contributed by atoms with Gasteiger partial charge in [-0.3, -0.25) is 4.79 Å². The highest BCUT2D eigenvalue weighted by molar-refractivity contribution is 8.04. The number of carbonyl (C=O) groups excluding carboxylic acids is 1. The van der Waals surface area contributed by atoms with Crippen molar-refractivity contribution >= 4 is 17.7 Å². The summed E-state index contributed by atoms with van der Waals surface area (Å²) in [5, 5.41) is 3.02. The van der Waals surface area contributed by atoms with Gasteiger partial charge in [0.2, 0.25) is 0 Å². The second-order valence-corrected chi connectivity index (χ2v) is 7.07. The molecule has 0 aromatic heterocycles. The number of nitrogens with one attached hydrogen (secondary N) is 1. The van der Waals surface area contributed by atoms with Crippen LogP contribution in [0.3, 0.4) is 0 Å². The molecule has 0 bridgehead atoms. The minimum Gasteiger partial charge on any atom is -0.347 e. The summed E-state index contributed by atoms with van der Waals surface area (Å²) >= 11 is 1.50. The van der Waals surface area contributed by atoms with Crippen molar-refractivity contribution < 1.29 is 4.79 Å². The number of rotatable bonds is 5. The van der Waals surface area contributed by atoms with Crippen LogP contribution in [0, 0.1) is 0 Å². The molecule has 0 heterocycles. The van der Waals surface area contributed by atoms with E-state index in [1.807, 2.05) is 76.2 Å². The van der Waals surface area contributed by atoms with Crippen LogP contribution in [0.5, 0.6) is 0 Å². The zero-order valence-corrected chi connectivity index (χ0v) is 13.8. The van der Waals surface area contributed by atoms with Crippen molar-refractivity contribution in [3.05, 3.63) is 41.3 Å².